The molecule has 0 aromatic heterocycles. The Morgan fingerprint density at radius 3 is 2.33 bits per heavy atom. The summed E-state index contributed by atoms with van der Waals surface area (Å²) in [6.07, 6.45) is 7.52. The molecule has 1 saturated heterocycles. The van der Waals surface area contributed by atoms with Crippen LogP contribution in [0.2, 0.25) is 0 Å². The summed E-state index contributed by atoms with van der Waals surface area (Å²) in [5.41, 5.74) is 0.0531. The first-order chi connectivity index (χ1) is 8.46. The van der Waals surface area contributed by atoms with E-state index in [-0.39, 0.29) is 11.7 Å². The monoisotopic (exact) mass is 252 g/mol. The minimum absolute atomic E-state index is 0.187. The highest BCUT2D eigenvalue weighted by atomic mass is 16.2. The van der Waals surface area contributed by atoms with E-state index in [2.05, 4.69) is 31.0 Å². The zero-order valence-electron chi connectivity index (χ0n) is 12.4. The SMILES string of the molecule is CCC1(CN2C(=O)C(C)(CC)NC2C)CCCC1. The Balaban J connectivity index is 2.12. The summed E-state index contributed by atoms with van der Waals surface area (Å²) in [5, 5.41) is 3.47. The number of nitrogens with zero attached hydrogens (tertiary/aromatic N) is 1. The first kappa shape index (κ1) is 13.9. The van der Waals surface area contributed by atoms with Crippen molar-refractivity contribution in [3.63, 3.8) is 0 Å². The summed E-state index contributed by atoms with van der Waals surface area (Å²) in [6, 6.07) is 0. The van der Waals surface area contributed by atoms with Gasteiger partial charge in [0.2, 0.25) is 5.91 Å². The summed E-state index contributed by atoms with van der Waals surface area (Å²) >= 11 is 0. The van der Waals surface area contributed by atoms with Crippen LogP contribution in [0, 0.1) is 5.41 Å². The van der Waals surface area contributed by atoms with Gasteiger partial charge in [0.05, 0.1) is 11.7 Å². The third-order valence-corrected chi connectivity index (χ3v) is 5.35. The van der Waals surface area contributed by atoms with Gasteiger partial charge in [0.1, 0.15) is 0 Å². The highest BCUT2D eigenvalue weighted by Crippen LogP contribution is 2.42. The van der Waals surface area contributed by atoms with E-state index in [9.17, 15) is 4.79 Å². The fraction of sp³-hybridized carbons (Fsp3) is 0.933. The van der Waals surface area contributed by atoms with E-state index in [1.54, 1.807) is 0 Å². The molecule has 3 nitrogen and oxygen atoms in total. The summed E-state index contributed by atoms with van der Waals surface area (Å²) in [7, 11) is 0. The van der Waals surface area contributed by atoms with Gasteiger partial charge in [-0.3, -0.25) is 10.1 Å². The Labute approximate surface area is 111 Å². The van der Waals surface area contributed by atoms with Crippen LogP contribution >= 0.6 is 0 Å². The van der Waals surface area contributed by atoms with E-state index in [1.165, 1.54) is 32.1 Å². The van der Waals surface area contributed by atoms with Crippen molar-refractivity contribution in [1.29, 1.82) is 0 Å². The van der Waals surface area contributed by atoms with Gasteiger partial charge >= 0.3 is 0 Å². The van der Waals surface area contributed by atoms with E-state index < -0.39 is 0 Å². The second-order valence-electron chi connectivity index (χ2n) is 6.50. The van der Waals surface area contributed by atoms with Crippen LogP contribution < -0.4 is 5.32 Å². The second-order valence-corrected chi connectivity index (χ2v) is 6.50. The first-order valence-electron chi connectivity index (χ1n) is 7.55. The topological polar surface area (TPSA) is 32.3 Å². The van der Waals surface area contributed by atoms with Crippen molar-refractivity contribution >= 4 is 5.91 Å². The van der Waals surface area contributed by atoms with Crippen molar-refractivity contribution in [2.45, 2.75) is 77.9 Å². The predicted octanol–water partition coefficient (Wildman–Crippen LogP) is 2.90. The Hall–Kier alpha value is -0.570. The van der Waals surface area contributed by atoms with Crippen molar-refractivity contribution in [1.82, 2.24) is 10.2 Å². The smallest absolute Gasteiger partial charge is 0.243 e. The van der Waals surface area contributed by atoms with Gasteiger partial charge < -0.3 is 4.90 Å². The van der Waals surface area contributed by atoms with Crippen LogP contribution in [0.15, 0.2) is 0 Å². The van der Waals surface area contributed by atoms with Crippen molar-refractivity contribution < 1.29 is 4.79 Å². The molecule has 0 radical (unpaired) electrons. The fourth-order valence-corrected chi connectivity index (χ4v) is 3.67. The van der Waals surface area contributed by atoms with Gasteiger partial charge in [-0.15, -0.1) is 0 Å². The number of rotatable bonds is 4. The van der Waals surface area contributed by atoms with Gasteiger partial charge in [-0.25, -0.2) is 0 Å². The van der Waals surface area contributed by atoms with Gasteiger partial charge in [0.25, 0.3) is 0 Å². The molecule has 1 heterocycles. The molecule has 104 valence electrons. The first-order valence-corrected chi connectivity index (χ1v) is 7.55. The van der Waals surface area contributed by atoms with E-state index in [1.807, 2.05) is 6.92 Å². The molecular formula is C15H28N2O. The zero-order valence-corrected chi connectivity index (χ0v) is 12.4. The molecule has 18 heavy (non-hydrogen) atoms. The van der Waals surface area contributed by atoms with Crippen LogP contribution in [0.5, 0.6) is 0 Å². The maximum atomic E-state index is 12.6. The third-order valence-electron chi connectivity index (χ3n) is 5.35. The Bertz CT molecular complexity index is 322. The Morgan fingerprint density at radius 2 is 1.89 bits per heavy atom. The lowest BCUT2D eigenvalue weighted by Gasteiger charge is -2.34. The van der Waals surface area contributed by atoms with E-state index in [0.717, 1.165) is 13.0 Å². The molecule has 1 N–H and O–H groups in total. The Kier molecular flexibility index (Phi) is 3.72. The molecule has 2 unspecified atom stereocenters. The molecule has 2 rings (SSSR count). The van der Waals surface area contributed by atoms with E-state index in [0.29, 0.717) is 11.3 Å². The third kappa shape index (κ3) is 2.18. The van der Waals surface area contributed by atoms with Gasteiger partial charge in [-0.05, 0) is 44.9 Å². The highest BCUT2D eigenvalue weighted by Gasteiger charge is 2.47. The molecule has 2 fully saturated rings. The van der Waals surface area contributed by atoms with Crippen LogP contribution in [0.1, 0.15) is 66.2 Å². The molecule has 3 heteroatoms. The van der Waals surface area contributed by atoms with Gasteiger partial charge in [-0.2, -0.15) is 0 Å². The van der Waals surface area contributed by atoms with Crippen LogP contribution in [0.25, 0.3) is 0 Å². The maximum Gasteiger partial charge on any atom is 0.243 e. The minimum atomic E-state index is -0.340. The molecule has 0 spiro atoms. The lowest BCUT2D eigenvalue weighted by Crippen LogP contribution is -2.44. The number of amides is 1. The van der Waals surface area contributed by atoms with Crippen molar-refractivity contribution in [3.8, 4) is 0 Å². The number of nitrogens with one attached hydrogen (secondary N) is 1. The van der Waals surface area contributed by atoms with Crippen molar-refractivity contribution in [2.75, 3.05) is 6.54 Å². The summed E-state index contributed by atoms with van der Waals surface area (Å²) in [5.74, 6) is 0.303. The number of hydrogen-bond acceptors (Lipinski definition) is 2. The van der Waals surface area contributed by atoms with Crippen LogP contribution in [0.3, 0.4) is 0 Å². The van der Waals surface area contributed by atoms with Crippen molar-refractivity contribution in [2.24, 2.45) is 5.41 Å². The predicted molar refractivity (Wildman–Crippen MR) is 74.2 cm³/mol. The molecule has 1 saturated carbocycles. The summed E-state index contributed by atoms with van der Waals surface area (Å²) in [6.45, 7) is 9.48. The average molecular weight is 252 g/mol. The molecule has 0 aromatic carbocycles. The molecule has 0 bridgehead atoms. The van der Waals surface area contributed by atoms with E-state index in [4.69, 9.17) is 0 Å². The normalized spacial score (nSPS) is 35.4. The van der Waals surface area contributed by atoms with E-state index >= 15 is 0 Å². The average Bonchev–Trinajstić information content (AvgIpc) is 2.90. The summed E-state index contributed by atoms with van der Waals surface area (Å²) < 4.78 is 0. The number of carbonyl (C=O) groups is 1. The largest absolute Gasteiger partial charge is 0.325 e. The molecule has 1 amide bonds. The molecule has 1 aliphatic carbocycles. The number of carbonyl (C=O) groups excluding carboxylic acids is 1. The van der Waals surface area contributed by atoms with Crippen molar-refractivity contribution in [3.05, 3.63) is 0 Å². The minimum Gasteiger partial charge on any atom is -0.325 e. The van der Waals surface area contributed by atoms with Crippen LogP contribution in [-0.4, -0.2) is 29.1 Å². The lowest BCUT2D eigenvalue weighted by atomic mass is 9.82. The summed E-state index contributed by atoms with van der Waals surface area (Å²) in [4.78, 5) is 14.7. The second kappa shape index (κ2) is 4.84. The highest BCUT2D eigenvalue weighted by molar-refractivity contribution is 5.88. The van der Waals surface area contributed by atoms with Crippen LogP contribution in [-0.2, 0) is 4.79 Å². The van der Waals surface area contributed by atoms with Gasteiger partial charge in [0, 0.05) is 6.54 Å². The number of hydrogen-bond donors (Lipinski definition) is 1. The lowest BCUT2D eigenvalue weighted by molar-refractivity contribution is -0.134. The molecule has 2 aliphatic rings. The van der Waals surface area contributed by atoms with Gasteiger partial charge in [0.15, 0.2) is 0 Å². The molecule has 1 aliphatic heterocycles. The zero-order chi connectivity index (χ0) is 13.4. The molecule has 0 aromatic rings. The fourth-order valence-electron chi connectivity index (χ4n) is 3.67. The molecule has 2 atom stereocenters. The Morgan fingerprint density at radius 1 is 1.28 bits per heavy atom. The van der Waals surface area contributed by atoms with Gasteiger partial charge in [-0.1, -0.05) is 26.7 Å². The quantitative estimate of drug-likeness (QED) is 0.834. The molecular weight excluding hydrogens is 224 g/mol. The van der Waals surface area contributed by atoms with Crippen LogP contribution in [0.4, 0.5) is 0 Å². The maximum absolute atomic E-state index is 12.6. The standard InChI is InChI=1S/C15H28N2O/c1-5-14(4)13(18)17(12(3)16-14)11-15(6-2)9-7-8-10-15/h12,16H,5-11H2,1-4H3.